The summed E-state index contributed by atoms with van der Waals surface area (Å²) in [5.74, 6) is 0. The van der Waals surface area contributed by atoms with Gasteiger partial charge in [0.25, 0.3) is 5.56 Å². The van der Waals surface area contributed by atoms with Gasteiger partial charge in [0.15, 0.2) is 4.77 Å². The van der Waals surface area contributed by atoms with Crippen LogP contribution in [0.3, 0.4) is 0 Å². The number of hydrogen-bond acceptors (Lipinski definition) is 4. The minimum atomic E-state index is -0.124. The molecule has 3 aromatic rings. The molecule has 1 aromatic heterocycles. The third-order valence-corrected chi connectivity index (χ3v) is 5.64. The molecule has 0 saturated carbocycles. The van der Waals surface area contributed by atoms with E-state index in [0.29, 0.717) is 24.5 Å². The first-order chi connectivity index (χ1) is 13.2. The molecular formula is C21H22N2O2S2. The molecule has 6 heteroatoms. The van der Waals surface area contributed by atoms with Crippen LogP contribution >= 0.6 is 24.0 Å². The summed E-state index contributed by atoms with van der Waals surface area (Å²) in [4.78, 5) is 16.2. The summed E-state index contributed by atoms with van der Waals surface area (Å²) in [7, 11) is 0. The molecule has 0 atom stereocenters. The lowest BCUT2D eigenvalue weighted by Crippen LogP contribution is -2.22. The van der Waals surface area contributed by atoms with Gasteiger partial charge in [-0.3, -0.25) is 14.3 Å². The molecule has 2 aromatic carbocycles. The molecule has 0 aliphatic heterocycles. The highest BCUT2D eigenvalue weighted by Gasteiger charge is 2.14. The fourth-order valence-electron chi connectivity index (χ4n) is 2.73. The van der Waals surface area contributed by atoms with Crippen LogP contribution in [0, 0.1) is 4.77 Å². The van der Waals surface area contributed by atoms with E-state index in [-0.39, 0.29) is 5.56 Å². The Kier molecular flexibility index (Phi) is 7.04. The van der Waals surface area contributed by atoms with Crippen molar-refractivity contribution in [1.82, 2.24) is 9.55 Å². The van der Waals surface area contributed by atoms with Crippen molar-refractivity contribution in [2.75, 3.05) is 6.61 Å². The Morgan fingerprint density at radius 1 is 1.07 bits per heavy atom. The zero-order valence-corrected chi connectivity index (χ0v) is 16.8. The summed E-state index contributed by atoms with van der Waals surface area (Å²) in [5.41, 5.74) is 1.83. The van der Waals surface area contributed by atoms with E-state index in [2.05, 4.69) is 17.1 Å². The lowest BCUT2D eigenvalue weighted by molar-refractivity contribution is 0.0714. The van der Waals surface area contributed by atoms with Gasteiger partial charge >= 0.3 is 0 Å². The van der Waals surface area contributed by atoms with Crippen LogP contribution < -0.4 is 5.56 Å². The summed E-state index contributed by atoms with van der Waals surface area (Å²) >= 11 is 6.95. The van der Waals surface area contributed by atoms with E-state index < -0.39 is 0 Å². The fourth-order valence-corrected chi connectivity index (χ4v) is 4.15. The number of aromatic amines is 1. The number of hydrogen-bond donors (Lipinski definition) is 1. The van der Waals surface area contributed by atoms with Crippen LogP contribution in [0.5, 0.6) is 0 Å². The first-order valence-electron chi connectivity index (χ1n) is 8.89. The van der Waals surface area contributed by atoms with E-state index in [1.807, 2.05) is 60.0 Å². The van der Waals surface area contributed by atoms with Crippen molar-refractivity contribution in [1.29, 1.82) is 0 Å². The number of benzene rings is 2. The highest BCUT2D eigenvalue weighted by molar-refractivity contribution is 7.99. The second kappa shape index (κ2) is 9.69. The molecule has 0 spiro atoms. The predicted molar refractivity (Wildman–Crippen MR) is 112 cm³/mol. The van der Waals surface area contributed by atoms with Crippen LogP contribution in [-0.2, 0) is 24.3 Å². The Bertz CT molecular complexity index is 983. The van der Waals surface area contributed by atoms with E-state index in [9.17, 15) is 4.79 Å². The maximum atomic E-state index is 12.4. The quantitative estimate of drug-likeness (QED) is 0.335. The molecule has 1 heterocycles. The Morgan fingerprint density at radius 2 is 1.74 bits per heavy atom. The van der Waals surface area contributed by atoms with Gasteiger partial charge in [-0.25, -0.2) is 0 Å². The van der Waals surface area contributed by atoms with Gasteiger partial charge in [-0.05, 0) is 42.8 Å². The number of aromatic nitrogens is 2. The minimum Gasteiger partial charge on any atom is -0.360 e. The third kappa shape index (κ3) is 5.19. The third-order valence-electron chi connectivity index (χ3n) is 4.15. The van der Waals surface area contributed by atoms with Gasteiger partial charge < -0.3 is 4.74 Å². The molecule has 0 unspecified atom stereocenters. The number of rotatable bonds is 8. The van der Waals surface area contributed by atoms with Gasteiger partial charge in [-0.1, -0.05) is 67.2 Å². The molecule has 0 radical (unpaired) electrons. The Morgan fingerprint density at radius 3 is 2.41 bits per heavy atom. The summed E-state index contributed by atoms with van der Waals surface area (Å²) in [6.07, 6.45) is 1.46. The van der Waals surface area contributed by atoms with Crippen molar-refractivity contribution in [3.05, 3.63) is 86.9 Å². The van der Waals surface area contributed by atoms with Crippen molar-refractivity contribution in [3.63, 3.8) is 0 Å². The smallest absolute Gasteiger partial charge is 0.255 e. The molecule has 140 valence electrons. The maximum Gasteiger partial charge on any atom is 0.255 e. The second-order valence-corrected chi connectivity index (χ2v) is 7.46. The number of ether oxygens (including phenoxy) is 1. The Balaban J connectivity index is 1.80. The monoisotopic (exact) mass is 398 g/mol. The maximum absolute atomic E-state index is 12.4. The van der Waals surface area contributed by atoms with E-state index in [4.69, 9.17) is 17.0 Å². The topological polar surface area (TPSA) is 47.0 Å². The average molecular weight is 399 g/mol. The van der Waals surface area contributed by atoms with Crippen LogP contribution in [-0.4, -0.2) is 16.2 Å². The summed E-state index contributed by atoms with van der Waals surface area (Å²) in [5, 5.41) is 0.845. The molecule has 27 heavy (non-hydrogen) atoms. The minimum absolute atomic E-state index is 0.124. The standard InChI is InChI=1S/C21H22N2O2S2/c1-2-18-19(24)22-21(26)23(20(18)27-17-11-7-4-8-12-17)15-25-14-13-16-9-5-3-6-10-16/h3-12H,2,13-15H2,1H3,(H,22,24,26). The first-order valence-corrected chi connectivity index (χ1v) is 10.1. The first kappa shape index (κ1) is 19.6. The fraction of sp³-hybridized carbons (Fsp3) is 0.238. The van der Waals surface area contributed by atoms with E-state index in [1.165, 1.54) is 5.56 Å². The molecule has 0 aliphatic carbocycles. The lowest BCUT2D eigenvalue weighted by atomic mass is 10.2. The average Bonchev–Trinajstić information content (AvgIpc) is 2.69. The molecule has 0 fully saturated rings. The predicted octanol–water partition coefficient (Wildman–Crippen LogP) is 4.84. The van der Waals surface area contributed by atoms with Gasteiger partial charge in [0.2, 0.25) is 0 Å². The highest BCUT2D eigenvalue weighted by atomic mass is 32.2. The van der Waals surface area contributed by atoms with Crippen molar-refractivity contribution < 1.29 is 4.74 Å². The van der Waals surface area contributed by atoms with Crippen molar-refractivity contribution >= 4 is 24.0 Å². The summed E-state index contributed by atoms with van der Waals surface area (Å²) < 4.78 is 8.14. The molecule has 3 rings (SSSR count). The Labute approximate surface area is 168 Å². The summed E-state index contributed by atoms with van der Waals surface area (Å²) in [6, 6.07) is 20.2. The van der Waals surface area contributed by atoms with Gasteiger partial charge in [0.05, 0.1) is 11.6 Å². The molecule has 1 N–H and O–H groups in total. The van der Waals surface area contributed by atoms with Gasteiger partial charge in [-0.2, -0.15) is 0 Å². The second-order valence-electron chi connectivity index (χ2n) is 6.01. The number of H-pyrrole nitrogens is 1. The molecule has 0 amide bonds. The van der Waals surface area contributed by atoms with E-state index >= 15 is 0 Å². The van der Waals surface area contributed by atoms with Crippen LogP contribution in [0.15, 0.2) is 75.4 Å². The van der Waals surface area contributed by atoms with Crippen LogP contribution in [0.25, 0.3) is 0 Å². The van der Waals surface area contributed by atoms with Crippen molar-refractivity contribution in [2.24, 2.45) is 0 Å². The number of nitrogens with zero attached hydrogens (tertiary/aromatic N) is 1. The van der Waals surface area contributed by atoms with Crippen LogP contribution in [0.4, 0.5) is 0 Å². The highest BCUT2D eigenvalue weighted by Crippen LogP contribution is 2.29. The number of nitrogens with one attached hydrogen (secondary N) is 1. The molecule has 0 bridgehead atoms. The van der Waals surface area contributed by atoms with Gasteiger partial charge in [0.1, 0.15) is 6.73 Å². The molecule has 0 saturated heterocycles. The van der Waals surface area contributed by atoms with Crippen molar-refractivity contribution in [2.45, 2.75) is 36.4 Å². The summed E-state index contributed by atoms with van der Waals surface area (Å²) in [6.45, 7) is 2.87. The van der Waals surface area contributed by atoms with Crippen LogP contribution in [0.2, 0.25) is 0 Å². The van der Waals surface area contributed by atoms with E-state index in [0.717, 1.165) is 21.9 Å². The zero-order chi connectivity index (χ0) is 19.1. The Hall–Kier alpha value is -2.15. The van der Waals surface area contributed by atoms with Gasteiger partial charge in [-0.15, -0.1) is 0 Å². The zero-order valence-electron chi connectivity index (χ0n) is 15.2. The van der Waals surface area contributed by atoms with Crippen LogP contribution in [0.1, 0.15) is 18.1 Å². The molecule has 0 aliphatic rings. The molecular weight excluding hydrogens is 376 g/mol. The normalized spacial score (nSPS) is 10.9. The molecule has 4 nitrogen and oxygen atoms in total. The SMILES string of the molecule is CCc1c(Sc2ccccc2)n(COCCc2ccccc2)c(=S)[nH]c1=O. The van der Waals surface area contributed by atoms with Gasteiger partial charge in [0, 0.05) is 10.5 Å². The largest absolute Gasteiger partial charge is 0.360 e. The van der Waals surface area contributed by atoms with Crippen molar-refractivity contribution in [3.8, 4) is 0 Å². The lowest BCUT2D eigenvalue weighted by Gasteiger charge is -2.16. The van der Waals surface area contributed by atoms with E-state index in [1.54, 1.807) is 11.8 Å².